The summed E-state index contributed by atoms with van der Waals surface area (Å²) in [7, 11) is -9.53. The Labute approximate surface area is 230 Å². The van der Waals surface area contributed by atoms with E-state index < -0.39 is 24.8 Å². The van der Waals surface area contributed by atoms with Gasteiger partial charge in [-0.25, -0.2) is 0 Å². The minimum atomic E-state index is -4.76. The van der Waals surface area contributed by atoms with Gasteiger partial charge in [-0.15, -0.1) is 0 Å². The van der Waals surface area contributed by atoms with Crippen molar-refractivity contribution in [2.45, 2.75) is 4.58 Å². The molecule has 0 bridgehead atoms. The van der Waals surface area contributed by atoms with E-state index in [4.69, 9.17) is 8.37 Å². The average molecular weight is 705 g/mol. The summed E-state index contributed by atoms with van der Waals surface area (Å²) < 4.78 is 63.0. The Hall–Kier alpha value is -2.94. The predicted octanol–water partition coefficient (Wildman–Crippen LogP) is 5.81. The summed E-state index contributed by atoms with van der Waals surface area (Å²) in [5.74, 6) is 0.0637. The van der Waals surface area contributed by atoms with Gasteiger partial charge in [0.15, 0.2) is 0 Å². The average Bonchev–Trinajstić information content (AvgIpc) is 2.84. The van der Waals surface area contributed by atoms with Crippen LogP contribution >= 0.6 is 0 Å². The summed E-state index contributed by atoms with van der Waals surface area (Å²) in [5.41, 5.74) is 0.00738. The van der Waals surface area contributed by atoms with Gasteiger partial charge < -0.3 is 8.37 Å². The summed E-state index contributed by atoms with van der Waals surface area (Å²) in [6.07, 6.45) is 0. The van der Waals surface area contributed by atoms with Crippen LogP contribution in [-0.4, -0.2) is 16.8 Å². The molecule has 0 radical (unpaired) electrons. The Morgan fingerprint density at radius 3 is 1.33 bits per heavy atom. The van der Waals surface area contributed by atoms with Gasteiger partial charge in [0.1, 0.15) is 11.5 Å². The second-order valence-electron chi connectivity index (χ2n) is 7.85. The van der Waals surface area contributed by atoms with Crippen LogP contribution in [0.25, 0.3) is 21.5 Å². The molecule has 0 aliphatic rings. The molecule has 0 saturated heterocycles. The van der Waals surface area contributed by atoms with Gasteiger partial charge in [0.25, 0.3) is 4.58 Å². The molecule has 0 aromatic heterocycles. The second-order valence-corrected chi connectivity index (χ2v) is 11.4. The molecule has 0 amide bonds. The van der Waals surface area contributed by atoms with Gasteiger partial charge in [-0.05, 0) is 28.5 Å². The predicted molar refractivity (Wildman–Crippen MR) is 136 cm³/mol. The van der Waals surface area contributed by atoms with Crippen molar-refractivity contribution in [2.24, 2.45) is 0 Å². The fraction of sp³-hybridized carbons (Fsp3) is 0.0370. The first-order chi connectivity index (χ1) is 16.9. The topological polar surface area (TPSA) is 86.7 Å². The molecule has 9 heteroatoms. The molecule has 0 heterocycles. The summed E-state index contributed by atoms with van der Waals surface area (Å²) >= 11 is 0. The van der Waals surface area contributed by atoms with Crippen LogP contribution < -0.4 is 8.37 Å². The molecule has 0 atom stereocenters. The minimum Gasteiger partial charge on any atom is -0.380 e. The van der Waals surface area contributed by atoms with E-state index in [9.17, 15) is 16.8 Å². The number of hydrogen-bond donors (Lipinski definition) is 0. The van der Waals surface area contributed by atoms with Crippen molar-refractivity contribution in [2.75, 3.05) is 0 Å². The monoisotopic (exact) mass is 706 g/mol. The molecule has 5 aromatic carbocycles. The molecule has 0 N–H and O–H groups in total. The summed E-state index contributed by atoms with van der Waals surface area (Å²) in [4.78, 5) is 0. The van der Waals surface area contributed by atoms with Crippen molar-refractivity contribution in [1.82, 2.24) is 0 Å². The number of benzene rings is 5. The van der Waals surface area contributed by atoms with Crippen molar-refractivity contribution in [3.8, 4) is 11.5 Å². The fourth-order valence-corrected chi connectivity index (χ4v) is 7.30. The Kier molecular flexibility index (Phi) is 7.68. The third-order valence-electron chi connectivity index (χ3n) is 5.51. The molecule has 0 aliphatic carbocycles. The molecule has 5 aromatic rings. The van der Waals surface area contributed by atoms with Gasteiger partial charge in [0.2, 0.25) is 0 Å². The minimum absolute atomic E-state index is 0. The molecule has 36 heavy (non-hydrogen) atoms. The second kappa shape index (κ2) is 10.6. The maximum absolute atomic E-state index is 13.6. The zero-order valence-corrected chi connectivity index (χ0v) is 26.2. The number of rotatable bonds is 7. The van der Waals surface area contributed by atoms with E-state index in [1.165, 1.54) is 24.3 Å². The third kappa shape index (κ3) is 5.26. The molecule has 0 fully saturated rings. The van der Waals surface area contributed by atoms with Crippen LogP contribution in [-0.2, 0) is 47.9 Å². The smallest absolute Gasteiger partial charge is 0.334 e. The first-order valence-electron chi connectivity index (χ1n) is 10.7. The summed E-state index contributed by atoms with van der Waals surface area (Å²) in [5, 5.41) is 2.59. The van der Waals surface area contributed by atoms with Gasteiger partial charge in [-0.2, -0.15) is 16.8 Å². The quantitative estimate of drug-likeness (QED) is 0.157. The zero-order chi connectivity index (χ0) is 24.5. The molecule has 0 saturated carbocycles. The van der Waals surface area contributed by atoms with Crippen LogP contribution in [0.4, 0.5) is 0 Å². The van der Waals surface area contributed by atoms with Crippen LogP contribution in [0, 0.1) is 0 Å². The molecule has 0 unspecified atom stereocenters. The van der Waals surface area contributed by atoms with E-state index in [1.807, 2.05) is 36.4 Å². The Bertz CT molecular complexity index is 1620. The summed E-state index contributed by atoms with van der Waals surface area (Å²) in [6, 6.07) is 31.6. The van der Waals surface area contributed by atoms with Crippen LogP contribution in [0.1, 0.15) is 10.1 Å². The standard InChI is InChI=1S/C27H20O6S2.Hg/c28-34(29,32-25-18-8-14-20-10-4-6-16-23(20)25)27(22-12-2-1-3-13-22)35(30,31)33-26-19-9-15-21-11-5-7-17-24(21)26;/h1-19,27H;. The number of fused-ring (bicyclic) bond motifs is 2. The zero-order valence-electron chi connectivity index (χ0n) is 19.0. The van der Waals surface area contributed by atoms with E-state index in [0.717, 1.165) is 10.8 Å². The molecule has 0 aliphatic heterocycles. The molecule has 0 spiro atoms. The Morgan fingerprint density at radius 1 is 0.472 bits per heavy atom. The van der Waals surface area contributed by atoms with Crippen LogP contribution in [0.3, 0.4) is 0 Å². The van der Waals surface area contributed by atoms with Crippen molar-refractivity contribution >= 4 is 41.8 Å². The van der Waals surface area contributed by atoms with E-state index in [-0.39, 0.29) is 44.7 Å². The van der Waals surface area contributed by atoms with Crippen LogP contribution in [0.15, 0.2) is 115 Å². The normalized spacial score (nSPS) is 11.8. The first kappa shape index (κ1) is 26.1. The molecular formula is C27H20HgO6S2. The maximum Gasteiger partial charge on any atom is 0.334 e. The van der Waals surface area contributed by atoms with Gasteiger partial charge in [0, 0.05) is 38.4 Å². The van der Waals surface area contributed by atoms with Crippen molar-refractivity contribution in [3.63, 3.8) is 0 Å². The first-order valence-corrected chi connectivity index (χ1v) is 13.7. The van der Waals surface area contributed by atoms with E-state index in [0.29, 0.717) is 10.8 Å². The summed E-state index contributed by atoms with van der Waals surface area (Å²) in [6.45, 7) is 0. The Balaban J connectivity index is 0.00000304. The van der Waals surface area contributed by atoms with Crippen molar-refractivity contribution < 1.29 is 52.9 Å². The third-order valence-corrected chi connectivity index (χ3v) is 9.34. The van der Waals surface area contributed by atoms with Gasteiger partial charge >= 0.3 is 20.2 Å². The van der Waals surface area contributed by atoms with Gasteiger partial charge in [-0.3, -0.25) is 0 Å². The van der Waals surface area contributed by atoms with Crippen LogP contribution in [0.2, 0.25) is 0 Å². The maximum atomic E-state index is 13.6. The SMILES string of the molecule is O=S(=O)(Oc1cccc2ccccc12)C(c1ccccc1)S(=O)(=O)Oc1cccc2ccccc12.[Hg]. The van der Waals surface area contributed by atoms with Crippen molar-refractivity contribution in [1.29, 1.82) is 0 Å². The Morgan fingerprint density at radius 2 is 0.861 bits per heavy atom. The largest absolute Gasteiger partial charge is 0.380 e. The van der Waals surface area contributed by atoms with Gasteiger partial charge in [-0.1, -0.05) is 103 Å². The van der Waals surface area contributed by atoms with Gasteiger partial charge in [0.05, 0.1) is 0 Å². The van der Waals surface area contributed by atoms with Crippen molar-refractivity contribution in [3.05, 3.63) is 121 Å². The van der Waals surface area contributed by atoms with E-state index >= 15 is 0 Å². The molecule has 178 valence electrons. The molecular weight excluding hydrogens is 685 g/mol. The number of hydrogen-bond acceptors (Lipinski definition) is 6. The molecule has 5 rings (SSSR count). The van der Waals surface area contributed by atoms with E-state index in [2.05, 4.69) is 0 Å². The van der Waals surface area contributed by atoms with E-state index in [1.54, 1.807) is 54.6 Å². The fourth-order valence-electron chi connectivity index (χ4n) is 3.96. The molecule has 6 nitrogen and oxygen atoms in total. The van der Waals surface area contributed by atoms with Crippen LogP contribution in [0.5, 0.6) is 11.5 Å².